The lowest BCUT2D eigenvalue weighted by atomic mass is 10.1. The summed E-state index contributed by atoms with van der Waals surface area (Å²) in [6, 6.07) is 10.4. The fourth-order valence-electron chi connectivity index (χ4n) is 2.47. The number of anilines is 1. The van der Waals surface area contributed by atoms with E-state index in [2.05, 4.69) is 5.32 Å². The van der Waals surface area contributed by atoms with Crippen molar-refractivity contribution in [3.05, 3.63) is 52.5 Å². The first-order valence-electron chi connectivity index (χ1n) is 8.94. The maximum Gasteiger partial charge on any atom is 0.338 e. The van der Waals surface area contributed by atoms with E-state index in [-0.39, 0.29) is 16.7 Å². The van der Waals surface area contributed by atoms with E-state index in [0.29, 0.717) is 17.2 Å². The van der Waals surface area contributed by atoms with E-state index < -0.39 is 18.5 Å². The molecule has 0 aromatic heterocycles. The van der Waals surface area contributed by atoms with Gasteiger partial charge in [0.15, 0.2) is 18.1 Å². The summed E-state index contributed by atoms with van der Waals surface area (Å²) in [4.78, 5) is 24.4. The van der Waals surface area contributed by atoms with Crippen LogP contribution >= 0.6 is 11.6 Å². The number of amides is 1. The second-order valence-corrected chi connectivity index (χ2v) is 6.74. The average molecular weight is 406 g/mol. The van der Waals surface area contributed by atoms with Gasteiger partial charge in [0.1, 0.15) is 0 Å². The standard InChI is InChI=1S/C21H24ClNO5/c1-5-14-7-6-8-16(9-14)23-19(24)12-27-21(25)15-10-17(22)20(28-13(2)3)18(11-15)26-4/h6-11,13H,5,12H2,1-4H3,(H,23,24). The van der Waals surface area contributed by atoms with Gasteiger partial charge in [0.05, 0.1) is 23.8 Å². The second-order valence-electron chi connectivity index (χ2n) is 6.33. The fourth-order valence-corrected chi connectivity index (χ4v) is 2.72. The quantitative estimate of drug-likeness (QED) is 0.655. The van der Waals surface area contributed by atoms with E-state index in [1.165, 1.54) is 19.2 Å². The highest BCUT2D eigenvalue weighted by molar-refractivity contribution is 6.32. The minimum Gasteiger partial charge on any atom is -0.493 e. The Kier molecular flexibility index (Phi) is 7.70. The number of carbonyl (C=O) groups excluding carboxylic acids is 2. The maximum atomic E-state index is 12.3. The first-order valence-corrected chi connectivity index (χ1v) is 9.32. The highest BCUT2D eigenvalue weighted by atomic mass is 35.5. The SMILES string of the molecule is CCc1cccc(NC(=O)COC(=O)c2cc(Cl)c(OC(C)C)c(OC)c2)c1. The van der Waals surface area contributed by atoms with Crippen molar-refractivity contribution in [2.45, 2.75) is 33.3 Å². The topological polar surface area (TPSA) is 73.9 Å². The van der Waals surface area contributed by atoms with Crippen LogP contribution in [0.5, 0.6) is 11.5 Å². The monoisotopic (exact) mass is 405 g/mol. The summed E-state index contributed by atoms with van der Waals surface area (Å²) >= 11 is 6.21. The van der Waals surface area contributed by atoms with Gasteiger partial charge >= 0.3 is 5.97 Å². The molecule has 7 heteroatoms. The fraction of sp³-hybridized carbons (Fsp3) is 0.333. The number of aryl methyl sites for hydroxylation is 1. The smallest absolute Gasteiger partial charge is 0.338 e. The third-order valence-electron chi connectivity index (χ3n) is 3.77. The van der Waals surface area contributed by atoms with Crippen molar-refractivity contribution in [2.75, 3.05) is 19.0 Å². The number of benzene rings is 2. The highest BCUT2D eigenvalue weighted by Crippen LogP contribution is 2.37. The molecule has 0 aliphatic carbocycles. The third-order valence-corrected chi connectivity index (χ3v) is 4.05. The van der Waals surface area contributed by atoms with Crippen molar-refractivity contribution >= 4 is 29.2 Å². The lowest BCUT2D eigenvalue weighted by Crippen LogP contribution is -2.21. The van der Waals surface area contributed by atoms with Gasteiger partial charge in [-0.1, -0.05) is 30.7 Å². The van der Waals surface area contributed by atoms with Crippen LogP contribution in [0.3, 0.4) is 0 Å². The molecule has 0 bridgehead atoms. The predicted molar refractivity (Wildman–Crippen MR) is 109 cm³/mol. The molecule has 0 heterocycles. The Labute approximate surface area is 169 Å². The van der Waals surface area contributed by atoms with Crippen LogP contribution in [0, 0.1) is 0 Å². The molecule has 2 aromatic carbocycles. The number of methoxy groups -OCH3 is 1. The maximum absolute atomic E-state index is 12.3. The number of rotatable bonds is 8. The van der Waals surface area contributed by atoms with Crippen molar-refractivity contribution in [1.82, 2.24) is 0 Å². The van der Waals surface area contributed by atoms with Crippen LogP contribution in [0.1, 0.15) is 36.7 Å². The van der Waals surface area contributed by atoms with Crippen molar-refractivity contribution in [1.29, 1.82) is 0 Å². The number of nitrogens with one attached hydrogen (secondary N) is 1. The molecular weight excluding hydrogens is 382 g/mol. The number of hydrogen-bond donors (Lipinski definition) is 1. The van der Waals surface area contributed by atoms with Crippen LogP contribution in [0.25, 0.3) is 0 Å². The lowest BCUT2D eigenvalue weighted by molar-refractivity contribution is -0.119. The summed E-state index contributed by atoms with van der Waals surface area (Å²) in [5.41, 5.74) is 1.92. The van der Waals surface area contributed by atoms with E-state index >= 15 is 0 Å². The molecule has 1 N–H and O–H groups in total. The Hall–Kier alpha value is -2.73. The zero-order valence-corrected chi connectivity index (χ0v) is 17.1. The van der Waals surface area contributed by atoms with Gasteiger partial charge in [-0.15, -0.1) is 0 Å². The molecule has 0 aliphatic rings. The molecule has 0 fully saturated rings. The average Bonchev–Trinajstić information content (AvgIpc) is 2.67. The zero-order chi connectivity index (χ0) is 20.7. The van der Waals surface area contributed by atoms with Crippen molar-refractivity contribution in [3.63, 3.8) is 0 Å². The number of halogens is 1. The van der Waals surface area contributed by atoms with Crippen molar-refractivity contribution < 1.29 is 23.8 Å². The molecule has 0 spiro atoms. The summed E-state index contributed by atoms with van der Waals surface area (Å²) in [7, 11) is 1.45. The van der Waals surface area contributed by atoms with Crippen LogP contribution in [-0.4, -0.2) is 31.7 Å². The molecule has 0 saturated heterocycles. The van der Waals surface area contributed by atoms with Crippen LogP contribution in [0.2, 0.25) is 5.02 Å². The minimum absolute atomic E-state index is 0.112. The zero-order valence-electron chi connectivity index (χ0n) is 16.4. The summed E-state index contributed by atoms with van der Waals surface area (Å²) in [5, 5.41) is 2.92. The Morgan fingerprint density at radius 3 is 2.57 bits per heavy atom. The molecule has 0 atom stereocenters. The van der Waals surface area contributed by atoms with Gasteiger partial charge in [-0.3, -0.25) is 4.79 Å². The molecule has 1 amide bonds. The molecule has 6 nitrogen and oxygen atoms in total. The lowest BCUT2D eigenvalue weighted by Gasteiger charge is -2.16. The van der Waals surface area contributed by atoms with E-state index in [0.717, 1.165) is 12.0 Å². The summed E-state index contributed by atoms with van der Waals surface area (Å²) in [6.07, 6.45) is 0.747. The molecule has 0 unspecified atom stereocenters. The number of ether oxygens (including phenoxy) is 3. The van der Waals surface area contributed by atoms with Crippen LogP contribution in [-0.2, 0) is 16.0 Å². The van der Waals surface area contributed by atoms with E-state index in [1.807, 2.05) is 39.0 Å². The summed E-state index contributed by atoms with van der Waals surface area (Å²) < 4.78 is 15.9. The molecule has 0 radical (unpaired) electrons. The van der Waals surface area contributed by atoms with E-state index in [4.69, 9.17) is 25.8 Å². The van der Waals surface area contributed by atoms with E-state index in [1.54, 1.807) is 6.07 Å². The summed E-state index contributed by atoms with van der Waals surface area (Å²) in [5.74, 6) is -0.452. The molecule has 0 saturated carbocycles. The Bertz CT molecular complexity index is 851. The number of hydrogen-bond acceptors (Lipinski definition) is 5. The number of esters is 1. The Morgan fingerprint density at radius 1 is 1.18 bits per heavy atom. The van der Waals surface area contributed by atoms with Gasteiger partial charge in [-0.2, -0.15) is 0 Å². The van der Waals surface area contributed by atoms with Crippen LogP contribution in [0.15, 0.2) is 36.4 Å². The second kappa shape index (κ2) is 9.99. The summed E-state index contributed by atoms with van der Waals surface area (Å²) in [6.45, 7) is 5.32. The van der Waals surface area contributed by atoms with Crippen LogP contribution in [0.4, 0.5) is 5.69 Å². The van der Waals surface area contributed by atoms with Crippen LogP contribution < -0.4 is 14.8 Å². The molecule has 150 valence electrons. The molecule has 2 rings (SSSR count). The van der Waals surface area contributed by atoms with Gasteiger partial charge in [-0.05, 0) is 50.1 Å². The Morgan fingerprint density at radius 2 is 1.93 bits per heavy atom. The molecule has 28 heavy (non-hydrogen) atoms. The molecule has 2 aromatic rings. The first-order chi connectivity index (χ1) is 13.3. The third kappa shape index (κ3) is 5.89. The van der Waals surface area contributed by atoms with Crippen molar-refractivity contribution in [3.8, 4) is 11.5 Å². The molecular formula is C21H24ClNO5. The number of carbonyl (C=O) groups is 2. The van der Waals surface area contributed by atoms with Gasteiger partial charge < -0.3 is 19.5 Å². The van der Waals surface area contributed by atoms with Crippen molar-refractivity contribution in [2.24, 2.45) is 0 Å². The van der Waals surface area contributed by atoms with Gasteiger partial charge in [-0.25, -0.2) is 4.79 Å². The highest BCUT2D eigenvalue weighted by Gasteiger charge is 2.18. The van der Waals surface area contributed by atoms with Gasteiger partial charge in [0, 0.05) is 5.69 Å². The normalized spacial score (nSPS) is 10.5. The Balaban J connectivity index is 2.02. The van der Waals surface area contributed by atoms with Gasteiger partial charge in [0.2, 0.25) is 0 Å². The first kappa shape index (κ1) is 21.6. The molecule has 0 aliphatic heterocycles. The predicted octanol–water partition coefficient (Wildman–Crippen LogP) is 4.49. The van der Waals surface area contributed by atoms with Gasteiger partial charge in [0.25, 0.3) is 5.91 Å². The van der Waals surface area contributed by atoms with E-state index in [9.17, 15) is 9.59 Å². The minimum atomic E-state index is -0.686. The largest absolute Gasteiger partial charge is 0.493 e.